The van der Waals surface area contributed by atoms with Gasteiger partial charge in [-0.2, -0.15) is 0 Å². The van der Waals surface area contributed by atoms with E-state index in [1.165, 1.54) is 36.4 Å². The normalized spacial score (nSPS) is 12.7. The molecule has 0 aromatic heterocycles. The van der Waals surface area contributed by atoms with Crippen molar-refractivity contribution >= 4 is 15.7 Å². The molecule has 1 unspecified atom stereocenters. The Morgan fingerprint density at radius 2 is 1.65 bits per heavy atom. The van der Waals surface area contributed by atoms with Crippen molar-refractivity contribution in [2.24, 2.45) is 0 Å². The number of rotatable bonds is 5. The lowest BCUT2D eigenvalue weighted by molar-refractivity contribution is -0.121. The highest BCUT2D eigenvalue weighted by Crippen LogP contribution is 2.27. The Hall–Kier alpha value is -2.21. The first-order valence-electron chi connectivity index (χ1n) is 7.20. The van der Waals surface area contributed by atoms with Gasteiger partial charge in [-0.1, -0.05) is 36.8 Å². The van der Waals surface area contributed by atoms with Crippen molar-refractivity contribution in [3.8, 4) is 0 Å². The fourth-order valence-electron chi connectivity index (χ4n) is 2.09. The maximum Gasteiger partial charge on any atom is 0.220 e. The third-order valence-corrected chi connectivity index (χ3v) is 5.39. The maximum atomic E-state index is 13.1. The summed E-state index contributed by atoms with van der Waals surface area (Å²) in [6.07, 6.45) is 0.154. The van der Waals surface area contributed by atoms with E-state index in [0.29, 0.717) is 5.56 Å². The summed E-state index contributed by atoms with van der Waals surface area (Å²) in [5.74, 6) is -0.864. The van der Waals surface area contributed by atoms with Crippen LogP contribution in [0.2, 0.25) is 0 Å². The molecule has 4 nitrogen and oxygen atoms in total. The number of carbonyl (C=O) groups is 1. The summed E-state index contributed by atoms with van der Waals surface area (Å²) in [5.41, 5.74) is 1.24. The minimum absolute atomic E-state index is 0.105. The second-order valence-electron chi connectivity index (χ2n) is 5.21. The van der Waals surface area contributed by atoms with E-state index in [-0.39, 0.29) is 11.3 Å². The van der Waals surface area contributed by atoms with Gasteiger partial charge in [0.2, 0.25) is 15.7 Å². The van der Waals surface area contributed by atoms with Crippen LogP contribution in [0, 0.1) is 12.7 Å². The summed E-state index contributed by atoms with van der Waals surface area (Å²) >= 11 is 0. The number of benzene rings is 2. The molecule has 2 rings (SSSR count). The number of nitrogens with one attached hydrogen (secondary N) is 1. The van der Waals surface area contributed by atoms with Gasteiger partial charge >= 0.3 is 0 Å². The third-order valence-electron chi connectivity index (χ3n) is 3.45. The third kappa shape index (κ3) is 3.96. The first-order valence-corrected chi connectivity index (χ1v) is 8.74. The summed E-state index contributed by atoms with van der Waals surface area (Å²) < 4.78 is 38.8. The summed E-state index contributed by atoms with van der Waals surface area (Å²) in [4.78, 5) is 11.9. The van der Waals surface area contributed by atoms with Crippen LogP contribution in [0.4, 0.5) is 4.39 Å². The molecular weight excluding hydrogens is 317 g/mol. The highest BCUT2D eigenvalue weighted by Gasteiger charge is 2.30. The van der Waals surface area contributed by atoms with Gasteiger partial charge in [-0.05, 0) is 36.8 Å². The minimum atomic E-state index is -3.84. The van der Waals surface area contributed by atoms with E-state index in [2.05, 4.69) is 5.32 Å². The maximum absolute atomic E-state index is 13.1. The van der Waals surface area contributed by atoms with E-state index in [1.54, 1.807) is 19.1 Å². The van der Waals surface area contributed by atoms with E-state index >= 15 is 0 Å². The van der Waals surface area contributed by atoms with Gasteiger partial charge in [0.15, 0.2) is 5.37 Å². The molecule has 0 radical (unpaired) electrons. The van der Waals surface area contributed by atoms with Crippen LogP contribution in [0.3, 0.4) is 0 Å². The molecule has 6 heteroatoms. The lowest BCUT2D eigenvalue weighted by atomic mass is 10.2. The van der Waals surface area contributed by atoms with E-state index in [0.717, 1.165) is 5.56 Å². The number of hydrogen-bond donors (Lipinski definition) is 1. The Balaban J connectivity index is 2.49. The van der Waals surface area contributed by atoms with Gasteiger partial charge in [0.25, 0.3) is 0 Å². The van der Waals surface area contributed by atoms with Crippen LogP contribution in [-0.2, 0) is 14.6 Å². The smallest absolute Gasteiger partial charge is 0.220 e. The minimum Gasteiger partial charge on any atom is -0.336 e. The van der Waals surface area contributed by atoms with Crippen molar-refractivity contribution in [2.45, 2.75) is 30.5 Å². The molecule has 0 bridgehead atoms. The molecule has 1 atom stereocenters. The highest BCUT2D eigenvalue weighted by molar-refractivity contribution is 7.91. The largest absolute Gasteiger partial charge is 0.336 e. The molecule has 2 aromatic carbocycles. The summed E-state index contributed by atoms with van der Waals surface area (Å²) in [6, 6.07) is 11.4. The first kappa shape index (κ1) is 17.1. The van der Waals surface area contributed by atoms with Crippen molar-refractivity contribution < 1.29 is 17.6 Å². The van der Waals surface area contributed by atoms with Crippen LogP contribution in [0.15, 0.2) is 53.4 Å². The van der Waals surface area contributed by atoms with Crippen LogP contribution < -0.4 is 5.32 Å². The van der Waals surface area contributed by atoms with Crippen LogP contribution >= 0.6 is 0 Å². The second kappa shape index (κ2) is 6.91. The lowest BCUT2D eigenvalue weighted by Gasteiger charge is -2.20. The predicted molar refractivity (Wildman–Crippen MR) is 85.9 cm³/mol. The topological polar surface area (TPSA) is 63.2 Å². The molecule has 0 saturated heterocycles. The molecule has 23 heavy (non-hydrogen) atoms. The summed E-state index contributed by atoms with van der Waals surface area (Å²) in [6.45, 7) is 3.49. The second-order valence-corrected chi connectivity index (χ2v) is 7.24. The van der Waals surface area contributed by atoms with Crippen LogP contribution in [-0.4, -0.2) is 14.3 Å². The van der Waals surface area contributed by atoms with Crippen LogP contribution in [0.25, 0.3) is 0 Å². The van der Waals surface area contributed by atoms with Gasteiger partial charge in [-0.15, -0.1) is 0 Å². The highest BCUT2D eigenvalue weighted by atomic mass is 32.2. The molecule has 0 aliphatic heterocycles. The van der Waals surface area contributed by atoms with Gasteiger partial charge in [0, 0.05) is 6.42 Å². The average Bonchev–Trinajstić information content (AvgIpc) is 2.53. The van der Waals surface area contributed by atoms with E-state index in [1.807, 2.05) is 6.92 Å². The molecule has 0 spiro atoms. The van der Waals surface area contributed by atoms with E-state index in [9.17, 15) is 17.6 Å². The molecule has 0 saturated carbocycles. The molecule has 1 N–H and O–H groups in total. The number of amides is 1. The average molecular weight is 335 g/mol. The van der Waals surface area contributed by atoms with Crippen molar-refractivity contribution in [1.82, 2.24) is 5.32 Å². The number of hydrogen-bond acceptors (Lipinski definition) is 3. The Bertz CT molecular complexity index is 784. The molecule has 0 fully saturated rings. The number of aryl methyl sites for hydroxylation is 1. The number of halogens is 1. The monoisotopic (exact) mass is 335 g/mol. The van der Waals surface area contributed by atoms with Crippen LogP contribution in [0.5, 0.6) is 0 Å². The van der Waals surface area contributed by atoms with Crippen molar-refractivity contribution in [2.75, 3.05) is 0 Å². The van der Waals surface area contributed by atoms with Crippen LogP contribution in [0.1, 0.15) is 29.8 Å². The van der Waals surface area contributed by atoms with Gasteiger partial charge in [-0.3, -0.25) is 4.79 Å². The van der Waals surface area contributed by atoms with Crippen molar-refractivity contribution in [3.05, 3.63) is 65.5 Å². The van der Waals surface area contributed by atoms with Crippen molar-refractivity contribution in [3.63, 3.8) is 0 Å². The quantitative estimate of drug-likeness (QED) is 0.913. The SMILES string of the molecule is CCC(=O)NC(c1ccc(F)cc1)S(=O)(=O)c1ccc(C)cc1. The zero-order valence-corrected chi connectivity index (χ0v) is 13.7. The van der Waals surface area contributed by atoms with Gasteiger partial charge < -0.3 is 5.32 Å². The Labute approximate surface area is 135 Å². The van der Waals surface area contributed by atoms with E-state index < -0.39 is 26.9 Å². The Kier molecular flexibility index (Phi) is 5.15. The molecule has 0 aliphatic carbocycles. The molecule has 122 valence electrons. The zero-order valence-electron chi connectivity index (χ0n) is 12.9. The molecule has 0 heterocycles. The van der Waals surface area contributed by atoms with E-state index in [4.69, 9.17) is 0 Å². The molecule has 0 aliphatic rings. The predicted octanol–water partition coefficient (Wildman–Crippen LogP) is 3.13. The molecule has 1 amide bonds. The summed E-state index contributed by atoms with van der Waals surface area (Å²) in [5, 5.41) is 1.25. The van der Waals surface area contributed by atoms with Gasteiger partial charge in [0.1, 0.15) is 5.82 Å². The Morgan fingerprint density at radius 3 is 2.17 bits per heavy atom. The zero-order chi connectivity index (χ0) is 17.0. The van der Waals surface area contributed by atoms with Gasteiger partial charge in [0.05, 0.1) is 4.90 Å². The Morgan fingerprint density at radius 1 is 1.09 bits per heavy atom. The first-order chi connectivity index (χ1) is 10.8. The molecular formula is C17H18FNO3S. The van der Waals surface area contributed by atoms with Crippen molar-refractivity contribution in [1.29, 1.82) is 0 Å². The fourth-order valence-corrected chi connectivity index (χ4v) is 3.68. The van der Waals surface area contributed by atoms with Gasteiger partial charge in [-0.25, -0.2) is 12.8 Å². The number of carbonyl (C=O) groups excluding carboxylic acids is 1. The standard InChI is InChI=1S/C17H18FNO3S/c1-3-16(20)19-17(13-6-8-14(18)9-7-13)23(21,22)15-10-4-12(2)5-11-15/h4-11,17H,3H2,1-2H3,(H,19,20). The molecule has 2 aromatic rings. The lowest BCUT2D eigenvalue weighted by Crippen LogP contribution is -2.33. The summed E-state index contributed by atoms with van der Waals surface area (Å²) in [7, 11) is -3.84. The number of sulfone groups is 1. The fraction of sp³-hybridized carbons (Fsp3) is 0.235.